The summed E-state index contributed by atoms with van der Waals surface area (Å²) in [5, 5.41) is 6.55. The second-order valence-corrected chi connectivity index (χ2v) is 10.5. The van der Waals surface area contributed by atoms with Gasteiger partial charge in [-0.25, -0.2) is 0 Å². The highest BCUT2D eigenvalue weighted by Crippen LogP contribution is 2.47. The maximum absolute atomic E-state index is 19.0. The van der Waals surface area contributed by atoms with Gasteiger partial charge >= 0.3 is 6.83 Å². The molecule has 0 saturated carbocycles. The topological polar surface area (TPSA) is 26.6 Å². The van der Waals surface area contributed by atoms with Crippen LogP contribution in [0, 0.1) is 0 Å². The van der Waals surface area contributed by atoms with Gasteiger partial charge in [0.05, 0.1) is 11.3 Å². The molecule has 0 fully saturated rings. The van der Waals surface area contributed by atoms with E-state index in [0.717, 1.165) is 71.2 Å². The van der Waals surface area contributed by atoms with Crippen molar-refractivity contribution >= 4 is 61.2 Å². The van der Waals surface area contributed by atoms with Crippen LogP contribution in [0.3, 0.4) is 0 Å². The number of hydrogen-bond donors (Lipinski definition) is 0. The Balaban J connectivity index is 1.55. The van der Waals surface area contributed by atoms with Crippen LogP contribution in [-0.2, 0) is 0 Å². The average Bonchev–Trinajstić information content (AvgIpc) is 3.50. The third kappa shape index (κ3) is 1.88. The van der Waals surface area contributed by atoms with Crippen LogP contribution < -0.4 is 4.48 Å². The molecule has 6 heteroatoms. The van der Waals surface area contributed by atoms with Crippen LogP contribution in [0.4, 0.5) is 4.32 Å². The molecule has 0 radical (unpaired) electrons. The van der Waals surface area contributed by atoms with Crippen molar-refractivity contribution in [2.75, 3.05) is 0 Å². The lowest BCUT2D eigenvalue weighted by molar-refractivity contribution is -0.542. The monoisotopic (exact) mass is 488 g/mol. The molecule has 5 aromatic carbocycles. The number of aromatic nitrogens is 4. The molecule has 0 bridgehead atoms. The number of nitrogens with zero attached hydrogens (tertiary/aromatic N) is 4. The summed E-state index contributed by atoms with van der Waals surface area (Å²) in [6.45, 7) is -3.04. The second-order valence-electron chi connectivity index (χ2n) is 10.5. The molecule has 8 aromatic rings. The molecule has 38 heavy (non-hydrogen) atoms. The Bertz CT molecular complexity index is 2380. The summed E-state index contributed by atoms with van der Waals surface area (Å²) < 4.78 is 24.8. The quantitative estimate of drug-likeness (QED) is 0.210. The summed E-state index contributed by atoms with van der Waals surface area (Å²) in [5.41, 5.74) is 6.44. The third-order valence-electron chi connectivity index (χ3n) is 8.86. The van der Waals surface area contributed by atoms with E-state index in [9.17, 15) is 0 Å². The van der Waals surface area contributed by atoms with Gasteiger partial charge in [-0.2, -0.15) is 0 Å². The summed E-state index contributed by atoms with van der Waals surface area (Å²) in [5.74, 6) is 0.663. The molecule has 0 aliphatic carbocycles. The van der Waals surface area contributed by atoms with E-state index in [2.05, 4.69) is 78.9 Å². The number of para-hydroxylation sites is 3. The molecule has 1 unspecified atom stereocenters. The normalized spacial score (nSPS) is 17.2. The predicted molar refractivity (Wildman–Crippen MR) is 152 cm³/mol. The van der Waals surface area contributed by atoms with Gasteiger partial charge in [0.15, 0.2) is 0 Å². The fourth-order valence-corrected chi connectivity index (χ4v) is 7.52. The lowest BCUT2D eigenvalue weighted by Crippen LogP contribution is -2.75. The van der Waals surface area contributed by atoms with Crippen molar-refractivity contribution in [2.24, 2.45) is 0 Å². The highest BCUT2D eigenvalue weighted by Gasteiger charge is 2.52. The summed E-state index contributed by atoms with van der Waals surface area (Å²) >= 11 is 0. The van der Waals surface area contributed by atoms with Crippen LogP contribution in [-0.4, -0.2) is 20.8 Å². The summed E-state index contributed by atoms with van der Waals surface area (Å²) in [4.78, 5) is 4.83. The number of rotatable bonds is 0. The van der Waals surface area contributed by atoms with Crippen molar-refractivity contribution in [1.82, 2.24) is 13.9 Å². The predicted octanol–water partition coefficient (Wildman–Crippen LogP) is 7.05. The smallest absolute Gasteiger partial charge is 0.425 e. The minimum Gasteiger partial charge on any atom is -0.425 e. The molecule has 0 amide bonds. The van der Waals surface area contributed by atoms with Crippen molar-refractivity contribution in [3.8, 4) is 22.6 Å². The molecule has 1 atom stereocenters. The molecule has 2 aliphatic rings. The number of hydrogen-bond acceptors (Lipinski definition) is 1. The minimum absolute atomic E-state index is 0.663. The molecule has 5 heterocycles. The van der Waals surface area contributed by atoms with Crippen LogP contribution in [0.2, 0.25) is 0 Å². The Morgan fingerprint density at radius 2 is 1.32 bits per heavy atom. The van der Waals surface area contributed by atoms with Crippen LogP contribution in [0.5, 0.6) is 0 Å². The Morgan fingerprint density at radius 1 is 0.605 bits per heavy atom. The zero-order chi connectivity index (χ0) is 24.7. The van der Waals surface area contributed by atoms with E-state index in [1.54, 1.807) is 0 Å². The number of fused-ring (bicyclic) bond motifs is 12. The first-order valence-electron chi connectivity index (χ1n) is 13.0. The summed E-state index contributed by atoms with van der Waals surface area (Å²) in [7, 11) is 0. The molecule has 2 aliphatic heterocycles. The van der Waals surface area contributed by atoms with Gasteiger partial charge in [-0.1, -0.05) is 77.8 Å². The van der Waals surface area contributed by atoms with Crippen molar-refractivity contribution in [1.29, 1.82) is 0 Å². The van der Waals surface area contributed by atoms with Crippen LogP contribution >= 0.6 is 0 Å². The fraction of sp³-hybridized carbons (Fsp3) is 0. The number of halogens is 1. The summed E-state index contributed by atoms with van der Waals surface area (Å²) in [6.07, 6.45) is 1.82. The average molecular weight is 488 g/mol. The first-order chi connectivity index (χ1) is 18.8. The molecule has 3 aromatic heterocycles. The van der Waals surface area contributed by atoms with Gasteiger partial charge in [0.25, 0.3) is 5.82 Å². The van der Waals surface area contributed by atoms with Crippen LogP contribution in [0.25, 0.3) is 77.0 Å². The molecule has 10 rings (SSSR count). The van der Waals surface area contributed by atoms with Gasteiger partial charge in [-0.15, -0.1) is 0 Å². The Labute approximate surface area is 215 Å². The number of benzene rings is 5. The standard InChI is InChI=1S/C32H18BFN4/c34-33-36-26-14-4-3-9-21(26)22-10-5-11-23(30(22)36)27-17-18-35-32(38(27)33)25-13-6-12-24-29-20-8-2-1-7-19(20)15-16-28(29)37(33)31(24)25/h1-18H. The van der Waals surface area contributed by atoms with Gasteiger partial charge in [-0.3, -0.25) is 0 Å². The molecule has 0 N–H and O–H groups in total. The zero-order valence-electron chi connectivity index (χ0n) is 20.1. The molecular formula is C32H18BFN4. The maximum atomic E-state index is 19.0. The fourth-order valence-electron chi connectivity index (χ4n) is 7.52. The van der Waals surface area contributed by atoms with E-state index in [-0.39, 0.29) is 0 Å². The van der Waals surface area contributed by atoms with Gasteiger partial charge in [0, 0.05) is 55.2 Å². The lowest BCUT2D eigenvalue weighted by atomic mass is 9.76. The molecule has 0 saturated heterocycles. The van der Waals surface area contributed by atoms with E-state index in [4.69, 9.17) is 4.98 Å². The molecule has 176 valence electrons. The van der Waals surface area contributed by atoms with E-state index >= 15 is 4.32 Å². The van der Waals surface area contributed by atoms with Gasteiger partial charge < -0.3 is 17.7 Å². The Kier molecular flexibility index (Phi) is 3.09. The van der Waals surface area contributed by atoms with Gasteiger partial charge in [0.1, 0.15) is 6.20 Å². The van der Waals surface area contributed by atoms with Crippen molar-refractivity contribution in [2.45, 2.75) is 0 Å². The first-order valence-corrected chi connectivity index (χ1v) is 13.0. The minimum atomic E-state index is -3.04. The highest BCUT2D eigenvalue weighted by molar-refractivity contribution is 6.68. The maximum Gasteiger partial charge on any atom is 0.571 e. The molecule has 0 spiro atoms. The molecular weight excluding hydrogens is 470 g/mol. The Hall–Kier alpha value is -4.97. The van der Waals surface area contributed by atoms with Crippen molar-refractivity contribution < 1.29 is 8.79 Å². The SMILES string of the molecule is F[B-]12n3c4ccccc4c4cccc(c43)-c3ccnc([n+]31)-c1cccc3c4c5ccccc5ccc4n2c13. The van der Waals surface area contributed by atoms with Gasteiger partial charge in [-0.05, 0) is 35.0 Å². The molecule has 4 nitrogen and oxygen atoms in total. The van der Waals surface area contributed by atoms with Crippen LogP contribution in [0.1, 0.15) is 0 Å². The van der Waals surface area contributed by atoms with Crippen molar-refractivity contribution in [3.63, 3.8) is 0 Å². The Morgan fingerprint density at radius 3 is 2.24 bits per heavy atom. The third-order valence-corrected chi connectivity index (χ3v) is 8.86. The second kappa shape index (κ2) is 6.11. The largest absolute Gasteiger partial charge is 0.571 e. The lowest BCUT2D eigenvalue weighted by Gasteiger charge is -2.43. The van der Waals surface area contributed by atoms with E-state index < -0.39 is 6.83 Å². The van der Waals surface area contributed by atoms with E-state index in [1.165, 1.54) is 0 Å². The van der Waals surface area contributed by atoms with Crippen LogP contribution in [0.15, 0.2) is 109 Å². The van der Waals surface area contributed by atoms with E-state index in [1.807, 2.05) is 43.9 Å². The van der Waals surface area contributed by atoms with Gasteiger partial charge in [0.2, 0.25) is 0 Å². The van der Waals surface area contributed by atoms with Crippen molar-refractivity contribution in [3.05, 3.63) is 109 Å². The highest BCUT2D eigenvalue weighted by atomic mass is 19.1. The summed E-state index contributed by atoms with van der Waals surface area (Å²) in [6, 6.07) is 35.3. The van der Waals surface area contributed by atoms with E-state index in [0.29, 0.717) is 5.82 Å². The zero-order valence-corrected chi connectivity index (χ0v) is 20.1. The first kappa shape index (κ1) is 19.2.